The Morgan fingerprint density at radius 2 is 1.76 bits per heavy atom. The van der Waals surface area contributed by atoms with Crippen molar-refractivity contribution in [2.75, 3.05) is 0 Å². The molecule has 0 fully saturated rings. The van der Waals surface area contributed by atoms with Crippen LogP contribution in [0.2, 0.25) is 0 Å². The van der Waals surface area contributed by atoms with Gasteiger partial charge in [-0.05, 0) is 48.9 Å². The third-order valence-electron chi connectivity index (χ3n) is 6.30. The van der Waals surface area contributed by atoms with E-state index in [0.29, 0.717) is 26.6 Å². The molecule has 1 aromatic heterocycles. The Hall–Kier alpha value is -4.19. The molecule has 38 heavy (non-hydrogen) atoms. The van der Waals surface area contributed by atoms with Crippen molar-refractivity contribution >= 4 is 32.6 Å². The number of benzene rings is 3. The van der Waals surface area contributed by atoms with Gasteiger partial charge in [-0.2, -0.15) is 31.1 Å². The molecular formula is C26H19F4N3O4S. The third-order valence-corrected chi connectivity index (χ3v) is 7.97. The molecule has 2 heterocycles. The van der Waals surface area contributed by atoms with Gasteiger partial charge < -0.3 is 9.67 Å². The van der Waals surface area contributed by atoms with Gasteiger partial charge in [0.2, 0.25) is 0 Å². The molecule has 5 rings (SSSR count). The van der Waals surface area contributed by atoms with Crippen LogP contribution in [0.15, 0.2) is 76.7 Å². The number of carboxylic acid groups (broad SMARTS) is 1. The number of rotatable bonds is 5. The van der Waals surface area contributed by atoms with E-state index >= 15 is 0 Å². The molecule has 0 unspecified atom stereocenters. The van der Waals surface area contributed by atoms with Gasteiger partial charge in [-0.25, -0.2) is 4.39 Å². The minimum Gasteiger partial charge on any atom is -0.480 e. The zero-order chi connectivity index (χ0) is 27.4. The fourth-order valence-corrected chi connectivity index (χ4v) is 6.05. The van der Waals surface area contributed by atoms with Crippen LogP contribution < -0.4 is 0 Å². The number of hydrogen-bond donors (Lipinski definition) is 1. The summed E-state index contributed by atoms with van der Waals surface area (Å²) in [5.41, 5.74) is 0.574. The maximum atomic E-state index is 14.3. The lowest BCUT2D eigenvalue weighted by molar-refractivity contribution is -0.138. The van der Waals surface area contributed by atoms with Crippen molar-refractivity contribution in [1.82, 2.24) is 8.98 Å². The number of sulfonamides is 1. The van der Waals surface area contributed by atoms with Crippen molar-refractivity contribution in [2.24, 2.45) is 5.10 Å². The fourth-order valence-electron chi connectivity index (χ4n) is 4.62. The van der Waals surface area contributed by atoms with E-state index in [1.165, 1.54) is 53.1 Å². The summed E-state index contributed by atoms with van der Waals surface area (Å²) in [5, 5.41) is 14.1. The lowest BCUT2D eigenvalue weighted by Crippen LogP contribution is -2.33. The molecule has 7 nitrogen and oxygen atoms in total. The monoisotopic (exact) mass is 545 g/mol. The number of aromatic nitrogens is 1. The van der Waals surface area contributed by atoms with E-state index in [9.17, 15) is 35.9 Å². The maximum absolute atomic E-state index is 14.3. The SMILES string of the molecule is Cc1c(C2=NN(Cc3cccc(C(F)(F)F)c3)S(=O)(=O)c3ccccc32)c2cc(F)ccc2n1CC(=O)O. The maximum Gasteiger partial charge on any atom is 0.416 e. The normalized spacial score (nSPS) is 14.9. The van der Waals surface area contributed by atoms with Crippen molar-refractivity contribution in [3.8, 4) is 0 Å². The minimum absolute atomic E-state index is 0.0574. The molecule has 12 heteroatoms. The summed E-state index contributed by atoms with van der Waals surface area (Å²) in [6.45, 7) is 0.683. The predicted octanol–water partition coefficient (Wildman–Crippen LogP) is 5.15. The zero-order valence-electron chi connectivity index (χ0n) is 19.7. The summed E-state index contributed by atoms with van der Waals surface area (Å²) in [6.07, 6.45) is -4.62. The molecule has 0 aliphatic carbocycles. The minimum atomic E-state index is -4.62. The first-order valence-electron chi connectivity index (χ1n) is 11.3. The number of carboxylic acids is 1. The van der Waals surface area contributed by atoms with Crippen molar-refractivity contribution in [3.63, 3.8) is 0 Å². The average molecular weight is 546 g/mol. The molecule has 0 saturated heterocycles. The van der Waals surface area contributed by atoms with E-state index in [-0.39, 0.29) is 21.7 Å². The van der Waals surface area contributed by atoms with E-state index in [0.717, 1.165) is 12.1 Å². The Labute approximate surface area is 214 Å². The smallest absolute Gasteiger partial charge is 0.416 e. The van der Waals surface area contributed by atoms with Gasteiger partial charge in [0, 0.05) is 27.7 Å². The summed E-state index contributed by atoms with van der Waals surface area (Å²) in [5.74, 6) is -1.73. The van der Waals surface area contributed by atoms with Crippen LogP contribution in [0.4, 0.5) is 17.6 Å². The van der Waals surface area contributed by atoms with Crippen LogP contribution in [0, 0.1) is 12.7 Å². The molecular weight excluding hydrogens is 526 g/mol. The van der Waals surface area contributed by atoms with E-state index in [2.05, 4.69) is 5.10 Å². The first kappa shape index (κ1) is 25.5. The highest BCUT2D eigenvalue weighted by Crippen LogP contribution is 2.36. The molecule has 0 saturated carbocycles. The van der Waals surface area contributed by atoms with Gasteiger partial charge in [0.25, 0.3) is 10.0 Å². The van der Waals surface area contributed by atoms with Crippen molar-refractivity contribution in [1.29, 1.82) is 0 Å². The highest BCUT2D eigenvalue weighted by atomic mass is 32.2. The molecule has 1 aliphatic heterocycles. The Bertz CT molecular complexity index is 1740. The average Bonchev–Trinajstić information content (AvgIpc) is 3.10. The number of aliphatic carboxylic acids is 1. The highest BCUT2D eigenvalue weighted by Gasteiger charge is 2.36. The van der Waals surface area contributed by atoms with Gasteiger partial charge in [0.15, 0.2) is 0 Å². The van der Waals surface area contributed by atoms with Crippen LogP contribution in [0.5, 0.6) is 0 Å². The topological polar surface area (TPSA) is 92.0 Å². The Morgan fingerprint density at radius 1 is 1.03 bits per heavy atom. The molecule has 0 amide bonds. The van der Waals surface area contributed by atoms with E-state index in [1.54, 1.807) is 13.0 Å². The van der Waals surface area contributed by atoms with Gasteiger partial charge >= 0.3 is 12.1 Å². The lowest BCUT2D eigenvalue weighted by atomic mass is 9.99. The number of hydrogen-bond acceptors (Lipinski definition) is 4. The molecule has 0 atom stereocenters. The molecule has 4 aromatic rings. The summed E-state index contributed by atoms with van der Waals surface area (Å²) in [6, 6.07) is 14.1. The standard InChI is InChI=1S/C26H19F4N3O4S/c1-15-24(20-12-18(27)9-10-21(20)32(15)14-23(34)35)25-19-7-2-3-8-22(19)38(36,37)33(31-25)13-16-5-4-6-17(11-16)26(28,29)30/h2-12H,13-14H2,1H3,(H,34,35). The Morgan fingerprint density at radius 3 is 2.47 bits per heavy atom. The summed E-state index contributed by atoms with van der Waals surface area (Å²) < 4.78 is 83.2. The van der Waals surface area contributed by atoms with Gasteiger partial charge in [0.05, 0.1) is 17.0 Å². The van der Waals surface area contributed by atoms with Gasteiger partial charge in [-0.3, -0.25) is 4.79 Å². The van der Waals surface area contributed by atoms with Crippen LogP contribution >= 0.6 is 0 Å². The number of hydrazone groups is 1. The summed E-state index contributed by atoms with van der Waals surface area (Å²) in [7, 11) is -4.27. The first-order chi connectivity index (χ1) is 17.9. The Balaban J connectivity index is 1.74. The molecule has 196 valence electrons. The predicted molar refractivity (Wildman–Crippen MR) is 131 cm³/mol. The van der Waals surface area contributed by atoms with Crippen LogP contribution in [0.25, 0.3) is 10.9 Å². The van der Waals surface area contributed by atoms with Crippen LogP contribution in [-0.2, 0) is 34.1 Å². The van der Waals surface area contributed by atoms with E-state index in [1.807, 2.05) is 0 Å². The number of carbonyl (C=O) groups is 1. The van der Waals surface area contributed by atoms with Crippen molar-refractivity contribution in [3.05, 3.63) is 100 Å². The fraction of sp³-hybridized carbons (Fsp3) is 0.154. The Kier molecular flexibility index (Phi) is 6.02. The molecule has 1 aliphatic rings. The first-order valence-corrected chi connectivity index (χ1v) is 12.7. The van der Waals surface area contributed by atoms with Gasteiger partial charge in [-0.1, -0.05) is 30.3 Å². The largest absolute Gasteiger partial charge is 0.480 e. The second-order valence-corrected chi connectivity index (χ2v) is 10.5. The van der Waals surface area contributed by atoms with Crippen LogP contribution in [-0.4, -0.2) is 34.2 Å². The lowest BCUT2D eigenvalue weighted by Gasteiger charge is -2.27. The van der Waals surface area contributed by atoms with Gasteiger partial charge in [-0.15, -0.1) is 0 Å². The third kappa shape index (κ3) is 4.30. The molecule has 1 N–H and O–H groups in total. The summed E-state index contributed by atoms with van der Waals surface area (Å²) >= 11 is 0. The number of fused-ring (bicyclic) bond motifs is 2. The molecule has 0 bridgehead atoms. The summed E-state index contributed by atoms with van der Waals surface area (Å²) in [4.78, 5) is 11.4. The van der Waals surface area contributed by atoms with Crippen molar-refractivity contribution < 1.29 is 35.9 Å². The number of alkyl halides is 3. The van der Waals surface area contributed by atoms with E-state index in [4.69, 9.17) is 0 Å². The van der Waals surface area contributed by atoms with Crippen LogP contribution in [0.3, 0.4) is 0 Å². The van der Waals surface area contributed by atoms with Crippen molar-refractivity contribution in [2.45, 2.75) is 31.1 Å². The van der Waals surface area contributed by atoms with E-state index < -0.39 is 46.6 Å². The number of halogens is 4. The van der Waals surface area contributed by atoms with Crippen LogP contribution in [0.1, 0.15) is 27.9 Å². The number of nitrogens with zero attached hydrogens (tertiary/aromatic N) is 3. The van der Waals surface area contributed by atoms with Gasteiger partial charge in [0.1, 0.15) is 18.1 Å². The molecule has 3 aromatic carbocycles. The second kappa shape index (κ2) is 8.98. The molecule has 0 spiro atoms. The molecule has 0 radical (unpaired) electrons. The quantitative estimate of drug-likeness (QED) is 0.351. The second-order valence-electron chi connectivity index (χ2n) is 8.73. The highest BCUT2D eigenvalue weighted by molar-refractivity contribution is 7.89. The zero-order valence-corrected chi connectivity index (χ0v) is 20.5.